The lowest BCUT2D eigenvalue weighted by molar-refractivity contribution is -0.00613. The Labute approximate surface area is 156 Å². The Balaban J connectivity index is 1.71. The molecule has 8 heteroatoms. The molecule has 1 aromatic carbocycles. The van der Waals surface area contributed by atoms with Gasteiger partial charge in [0.1, 0.15) is 12.4 Å². The highest BCUT2D eigenvalue weighted by molar-refractivity contribution is 6.02. The summed E-state index contributed by atoms with van der Waals surface area (Å²) in [5.41, 5.74) is 8.62. The van der Waals surface area contributed by atoms with E-state index in [9.17, 15) is 4.79 Å². The predicted molar refractivity (Wildman–Crippen MR) is 99.7 cm³/mol. The molecule has 1 fully saturated rings. The first-order valence-corrected chi connectivity index (χ1v) is 8.69. The molecular formula is C19H20N6O2. The molecule has 0 radical (unpaired) electrons. The second-order valence-corrected chi connectivity index (χ2v) is 6.32. The average Bonchev–Trinajstić information content (AvgIpc) is 3.14. The molecule has 2 aromatic heterocycles. The van der Waals surface area contributed by atoms with Crippen LogP contribution in [-0.4, -0.2) is 50.3 Å². The monoisotopic (exact) mass is 364 g/mol. The van der Waals surface area contributed by atoms with E-state index in [0.717, 1.165) is 5.56 Å². The third-order valence-corrected chi connectivity index (χ3v) is 4.70. The van der Waals surface area contributed by atoms with Gasteiger partial charge in [-0.1, -0.05) is 30.3 Å². The first kappa shape index (κ1) is 17.2. The maximum absolute atomic E-state index is 13.3. The number of nitrogens with zero attached hydrogens (tertiary/aromatic N) is 5. The molecule has 1 unspecified atom stereocenters. The predicted octanol–water partition coefficient (Wildman–Crippen LogP) is 1.67. The number of pyridine rings is 1. The Hall–Kier alpha value is -3.26. The summed E-state index contributed by atoms with van der Waals surface area (Å²) in [6.45, 7) is 1.30. The first-order valence-electron chi connectivity index (χ1n) is 8.69. The lowest BCUT2D eigenvalue weighted by Crippen LogP contribution is -2.44. The van der Waals surface area contributed by atoms with Gasteiger partial charge in [0.25, 0.3) is 5.91 Å². The first-order chi connectivity index (χ1) is 13.2. The molecule has 1 saturated heterocycles. The number of hydrogen-bond acceptors (Lipinski definition) is 6. The highest BCUT2D eigenvalue weighted by atomic mass is 16.5. The lowest BCUT2D eigenvalue weighted by atomic mass is 10.0. The molecule has 3 aromatic rings. The van der Waals surface area contributed by atoms with Gasteiger partial charge in [-0.25, -0.2) is 4.98 Å². The van der Waals surface area contributed by atoms with Crippen LogP contribution in [0.3, 0.4) is 0 Å². The maximum atomic E-state index is 13.3. The number of anilines is 1. The second-order valence-electron chi connectivity index (χ2n) is 6.32. The van der Waals surface area contributed by atoms with Crippen LogP contribution in [0, 0.1) is 0 Å². The van der Waals surface area contributed by atoms with Crippen molar-refractivity contribution in [1.82, 2.24) is 24.6 Å². The summed E-state index contributed by atoms with van der Waals surface area (Å²) in [6.07, 6.45) is 3.09. The summed E-state index contributed by atoms with van der Waals surface area (Å²) in [5, 5.41) is 4.11. The Kier molecular flexibility index (Phi) is 4.55. The number of nitrogen functional groups attached to an aromatic ring is 1. The molecule has 1 aliphatic rings. The van der Waals surface area contributed by atoms with Crippen molar-refractivity contribution in [1.29, 1.82) is 0 Å². The minimum absolute atomic E-state index is 0.164. The van der Waals surface area contributed by atoms with E-state index in [1.54, 1.807) is 28.9 Å². The molecular weight excluding hydrogens is 344 g/mol. The third-order valence-electron chi connectivity index (χ3n) is 4.70. The minimum atomic E-state index is -0.313. The standard InChI is InChI=1S/C19H20N6O2/c1-24-18(22-12-23-24)15-11-27-10-9-25(15)19(26)14-7-8-21-17(16(14)20)13-5-3-2-4-6-13/h2-8,12,15H,9-11,20H2,1H3. The number of ether oxygens (including phenoxy) is 1. The van der Waals surface area contributed by atoms with E-state index < -0.39 is 0 Å². The van der Waals surface area contributed by atoms with Crippen molar-refractivity contribution in [2.24, 2.45) is 7.05 Å². The van der Waals surface area contributed by atoms with E-state index in [1.165, 1.54) is 6.33 Å². The summed E-state index contributed by atoms with van der Waals surface area (Å²) in [7, 11) is 1.80. The Bertz CT molecular complexity index is 956. The lowest BCUT2D eigenvalue weighted by Gasteiger charge is -2.35. The van der Waals surface area contributed by atoms with Gasteiger partial charge in [-0.3, -0.25) is 14.5 Å². The van der Waals surface area contributed by atoms with Crippen LogP contribution in [0.1, 0.15) is 22.2 Å². The SMILES string of the molecule is Cn1ncnc1C1COCCN1C(=O)c1ccnc(-c2ccccc2)c1N. The summed E-state index contributed by atoms with van der Waals surface area (Å²) in [5.74, 6) is 0.516. The van der Waals surface area contributed by atoms with Crippen molar-refractivity contribution in [2.75, 3.05) is 25.5 Å². The van der Waals surface area contributed by atoms with Crippen LogP contribution in [0.4, 0.5) is 5.69 Å². The van der Waals surface area contributed by atoms with Gasteiger partial charge in [0, 0.05) is 25.4 Å². The van der Waals surface area contributed by atoms with Gasteiger partial charge in [0.05, 0.1) is 30.2 Å². The molecule has 1 amide bonds. The molecule has 1 aliphatic heterocycles. The highest BCUT2D eigenvalue weighted by Gasteiger charge is 2.33. The van der Waals surface area contributed by atoms with Crippen molar-refractivity contribution >= 4 is 11.6 Å². The van der Waals surface area contributed by atoms with E-state index in [0.29, 0.717) is 42.5 Å². The summed E-state index contributed by atoms with van der Waals surface area (Å²) in [6, 6.07) is 10.9. The number of carbonyl (C=O) groups is 1. The van der Waals surface area contributed by atoms with Crippen LogP contribution >= 0.6 is 0 Å². The molecule has 0 spiro atoms. The molecule has 1 atom stereocenters. The van der Waals surface area contributed by atoms with Gasteiger partial charge < -0.3 is 15.4 Å². The number of amides is 1. The van der Waals surface area contributed by atoms with Crippen molar-refractivity contribution < 1.29 is 9.53 Å². The molecule has 138 valence electrons. The van der Waals surface area contributed by atoms with Gasteiger partial charge in [0.2, 0.25) is 0 Å². The van der Waals surface area contributed by atoms with Crippen molar-refractivity contribution in [3.63, 3.8) is 0 Å². The average molecular weight is 364 g/mol. The maximum Gasteiger partial charge on any atom is 0.256 e. The van der Waals surface area contributed by atoms with E-state index in [4.69, 9.17) is 10.5 Å². The van der Waals surface area contributed by atoms with Crippen LogP contribution < -0.4 is 5.73 Å². The number of aryl methyl sites for hydroxylation is 1. The second kappa shape index (κ2) is 7.16. The molecule has 3 heterocycles. The molecule has 27 heavy (non-hydrogen) atoms. The van der Waals surface area contributed by atoms with Crippen molar-refractivity contribution in [2.45, 2.75) is 6.04 Å². The van der Waals surface area contributed by atoms with Gasteiger partial charge in [0.15, 0.2) is 5.82 Å². The van der Waals surface area contributed by atoms with Gasteiger partial charge in [-0.15, -0.1) is 0 Å². The summed E-state index contributed by atoms with van der Waals surface area (Å²) in [4.78, 5) is 23.7. The number of carbonyl (C=O) groups excluding carboxylic acids is 1. The summed E-state index contributed by atoms with van der Waals surface area (Å²) < 4.78 is 7.24. The quantitative estimate of drug-likeness (QED) is 0.759. The van der Waals surface area contributed by atoms with E-state index in [-0.39, 0.29) is 11.9 Å². The molecule has 4 rings (SSSR count). The number of nitrogens with two attached hydrogens (primary N) is 1. The number of hydrogen-bond donors (Lipinski definition) is 1. The zero-order chi connectivity index (χ0) is 18.8. The number of rotatable bonds is 3. The highest BCUT2D eigenvalue weighted by Crippen LogP contribution is 2.30. The fraction of sp³-hybridized carbons (Fsp3) is 0.263. The van der Waals surface area contributed by atoms with E-state index in [1.807, 2.05) is 30.3 Å². The molecule has 0 bridgehead atoms. The number of morpholine rings is 1. The van der Waals surface area contributed by atoms with Crippen LogP contribution in [0.5, 0.6) is 0 Å². The molecule has 0 aliphatic carbocycles. The van der Waals surface area contributed by atoms with Crippen LogP contribution in [0.2, 0.25) is 0 Å². The zero-order valence-electron chi connectivity index (χ0n) is 14.9. The van der Waals surface area contributed by atoms with E-state index in [2.05, 4.69) is 15.1 Å². The summed E-state index contributed by atoms with van der Waals surface area (Å²) >= 11 is 0. The van der Waals surface area contributed by atoms with Gasteiger partial charge >= 0.3 is 0 Å². The Morgan fingerprint density at radius 2 is 2.04 bits per heavy atom. The topological polar surface area (TPSA) is 99.2 Å². The van der Waals surface area contributed by atoms with Crippen molar-refractivity contribution in [3.05, 3.63) is 60.3 Å². The third kappa shape index (κ3) is 3.15. The largest absolute Gasteiger partial charge is 0.396 e. The molecule has 0 saturated carbocycles. The normalized spacial score (nSPS) is 17.1. The zero-order valence-corrected chi connectivity index (χ0v) is 14.9. The fourth-order valence-corrected chi connectivity index (χ4v) is 3.31. The Morgan fingerprint density at radius 3 is 2.78 bits per heavy atom. The van der Waals surface area contributed by atoms with Crippen LogP contribution in [-0.2, 0) is 11.8 Å². The molecule has 2 N–H and O–H groups in total. The van der Waals surface area contributed by atoms with Crippen molar-refractivity contribution in [3.8, 4) is 11.3 Å². The Morgan fingerprint density at radius 1 is 1.22 bits per heavy atom. The number of aromatic nitrogens is 4. The van der Waals surface area contributed by atoms with Crippen LogP contribution in [0.15, 0.2) is 48.9 Å². The van der Waals surface area contributed by atoms with Gasteiger partial charge in [-0.05, 0) is 6.07 Å². The fourth-order valence-electron chi connectivity index (χ4n) is 3.31. The molecule has 8 nitrogen and oxygen atoms in total. The minimum Gasteiger partial charge on any atom is -0.396 e. The van der Waals surface area contributed by atoms with E-state index >= 15 is 0 Å². The van der Waals surface area contributed by atoms with Crippen LogP contribution in [0.25, 0.3) is 11.3 Å². The number of benzene rings is 1. The van der Waals surface area contributed by atoms with Gasteiger partial charge in [-0.2, -0.15) is 5.10 Å². The smallest absolute Gasteiger partial charge is 0.256 e.